The number of pyridine rings is 2. The van der Waals surface area contributed by atoms with E-state index in [-0.39, 0.29) is 17.7 Å². The molecule has 4 aromatic heterocycles. The lowest BCUT2D eigenvalue weighted by Crippen LogP contribution is -2.36. The van der Waals surface area contributed by atoms with Gasteiger partial charge in [-0.2, -0.15) is 4.98 Å². The summed E-state index contributed by atoms with van der Waals surface area (Å²) < 4.78 is 1.76. The van der Waals surface area contributed by atoms with Crippen molar-refractivity contribution in [1.29, 1.82) is 0 Å². The zero-order chi connectivity index (χ0) is 21.1. The molecule has 1 N–H and O–H groups in total. The number of hydrogen-bond donors (Lipinski definition) is 1. The molecule has 1 unspecified atom stereocenters. The van der Waals surface area contributed by atoms with E-state index in [0.717, 1.165) is 58.5 Å². The second-order valence-corrected chi connectivity index (χ2v) is 9.09. The summed E-state index contributed by atoms with van der Waals surface area (Å²) in [5.41, 5.74) is 5.71. The first kappa shape index (κ1) is 18.4. The van der Waals surface area contributed by atoms with Gasteiger partial charge in [-0.05, 0) is 50.5 Å². The second kappa shape index (κ2) is 6.84. The lowest BCUT2D eigenvalue weighted by atomic mass is 9.84. The number of carbonyl (C=O) groups is 1. The summed E-state index contributed by atoms with van der Waals surface area (Å²) in [6.45, 7) is 5.77. The van der Waals surface area contributed by atoms with Crippen LogP contribution in [-0.2, 0) is 4.79 Å². The summed E-state index contributed by atoms with van der Waals surface area (Å²) in [4.78, 5) is 30.3. The van der Waals surface area contributed by atoms with Crippen molar-refractivity contribution in [3.63, 3.8) is 0 Å². The van der Waals surface area contributed by atoms with Crippen LogP contribution in [0.5, 0.6) is 0 Å². The lowest BCUT2D eigenvalue weighted by molar-refractivity contribution is -0.118. The average Bonchev–Trinajstić information content (AvgIpc) is 3.45. The molecule has 2 atom stereocenters. The molecule has 0 aromatic carbocycles. The van der Waals surface area contributed by atoms with Gasteiger partial charge in [0.2, 0.25) is 16.8 Å². The zero-order valence-corrected chi connectivity index (χ0v) is 18.1. The Morgan fingerprint density at radius 3 is 2.97 bits per heavy atom. The van der Waals surface area contributed by atoms with Gasteiger partial charge in [0.25, 0.3) is 0 Å². The standard InChI is InChI=1S/C22H21N7OS/c1-12-9-14(5-7-23-12)16-3-4-17-19(24-16)18(15-6-8-28(17)10-15)20(30)25-21-26-22-29(27-21)13(2)11-31-22/h3-5,7,9,11,15,18H,6,8,10H2,1-2H3,(H,25,27,30)/t15-,18?/m0/s1. The Bertz CT molecular complexity index is 1330. The summed E-state index contributed by atoms with van der Waals surface area (Å²) in [5, 5.41) is 9.41. The van der Waals surface area contributed by atoms with E-state index >= 15 is 0 Å². The normalized spacial score (nSPS) is 19.6. The number of thiazole rings is 1. The number of rotatable bonds is 3. The molecule has 31 heavy (non-hydrogen) atoms. The summed E-state index contributed by atoms with van der Waals surface area (Å²) in [7, 11) is 0. The third kappa shape index (κ3) is 2.99. The van der Waals surface area contributed by atoms with Crippen molar-refractivity contribution >= 4 is 33.8 Å². The molecule has 0 radical (unpaired) electrons. The molecule has 6 rings (SSSR count). The first-order valence-electron chi connectivity index (χ1n) is 10.4. The van der Waals surface area contributed by atoms with Gasteiger partial charge in [-0.15, -0.1) is 16.4 Å². The van der Waals surface area contributed by atoms with Gasteiger partial charge in [-0.1, -0.05) is 0 Å². The first-order valence-corrected chi connectivity index (χ1v) is 11.3. The maximum absolute atomic E-state index is 13.4. The Morgan fingerprint density at radius 2 is 2.13 bits per heavy atom. The van der Waals surface area contributed by atoms with Crippen LogP contribution in [0, 0.1) is 19.8 Å². The predicted octanol–water partition coefficient (Wildman–Crippen LogP) is 3.43. The number of nitrogens with one attached hydrogen (secondary N) is 1. The molecule has 2 aliphatic rings. The number of fused-ring (bicyclic) bond motifs is 5. The Hall–Kier alpha value is -3.33. The minimum absolute atomic E-state index is 0.0840. The third-order valence-electron chi connectivity index (χ3n) is 6.19. The largest absolute Gasteiger partial charge is 0.370 e. The van der Waals surface area contributed by atoms with Gasteiger partial charge < -0.3 is 4.90 Å². The Balaban J connectivity index is 1.38. The summed E-state index contributed by atoms with van der Waals surface area (Å²) in [6, 6.07) is 8.11. The van der Waals surface area contributed by atoms with E-state index in [9.17, 15) is 4.79 Å². The Labute approximate surface area is 183 Å². The van der Waals surface area contributed by atoms with Crippen molar-refractivity contribution < 1.29 is 4.79 Å². The molecule has 1 amide bonds. The zero-order valence-electron chi connectivity index (χ0n) is 17.2. The monoisotopic (exact) mass is 431 g/mol. The van der Waals surface area contributed by atoms with E-state index in [4.69, 9.17) is 4.98 Å². The maximum Gasteiger partial charge on any atom is 0.250 e. The highest BCUT2D eigenvalue weighted by molar-refractivity contribution is 7.15. The fraction of sp³-hybridized carbons (Fsp3) is 0.318. The number of nitrogens with zero attached hydrogens (tertiary/aromatic N) is 6. The number of anilines is 2. The topological polar surface area (TPSA) is 88.3 Å². The molecule has 0 saturated carbocycles. The van der Waals surface area contributed by atoms with Gasteiger partial charge in [0, 0.05) is 35.9 Å². The van der Waals surface area contributed by atoms with Crippen molar-refractivity contribution in [1.82, 2.24) is 24.6 Å². The smallest absolute Gasteiger partial charge is 0.250 e. The van der Waals surface area contributed by atoms with Crippen LogP contribution in [0.4, 0.5) is 11.6 Å². The molecular weight excluding hydrogens is 410 g/mol. The van der Waals surface area contributed by atoms with Crippen LogP contribution in [0.2, 0.25) is 0 Å². The highest BCUT2D eigenvalue weighted by Crippen LogP contribution is 2.44. The van der Waals surface area contributed by atoms with Crippen molar-refractivity contribution in [2.24, 2.45) is 5.92 Å². The van der Waals surface area contributed by atoms with Crippen molar-refractivity contribution in [2.45, 2.75) is 26.2 Å². The molecule has 1 fully saturated rings. The fourth-order valence-electron chi connectivity index (χ4n) is 4.70. The maximum atomic E-state index is 13.4. The van der Waals surface area contributed by atoms with Crippen LogP contribution < -0.4 is 10.2 Å². The molecular formula is C22H21N7OS. The van der Waals surface area contributed by atoms with Crippen molar-refractivity contribution in [3.05, 3.63) is 52.9 Å². The Morgan fingerprint density at radius 1 is 1.23 bits per heavy atom. The van der Waals surface area contributed by atoms with Crippen LogP contribution in [-0.4, -0.2) is 43.6 Å². The summed E-state index contributed by atoms with van der Waals surface area (Å²) >= 11 is 1.51. The molecule has 4 aromatic rings. The lowest BCUT2D eigenvalue weighted by Gasteiger charge is -2.32. The number of hydrogen-bond acceptors (Lipinski definition) is 7. The van der Waals surface area contributed by atoms with Crippen LogP contribution in [0.1, 0.15) is 29.4 Å². The van der Waals surface area contributed by atoms with E-state index in [1.165, 1.54) is 11.3 Å². The highest BCUT2D eigenvalue weighted by atomic mass is 32.1. The molecule has 2 bridgehead atoms. The van der Waals surface area contributed by atoms with Gasteiger partial charge in [0.05, 0.1) is 28.7 Å². The minimum Gasteiger partial charge on any atom is -0.370 e. The predicted molar refractivity (Wildman–Crippen MR) is 119 cm³/mol. The second-order valence-electron chi connectivity index (χ2n) is 8.26. The van der Waals surface area contributed by atoms with Crippen LogP contribution in [0.3, 0.4) is 0 Å². The number of aromatic nitrogens is 5. The molecule has 156 valence electrons. The molecule has 8 nitrogen and oxygen atoms in total. The molecule has 2 aliphatic heterocycles. The third-order valence-corrected chi connectivity index (χ3v) is 7.12. The number of carbonyl (C=O) groups excluding carboxylic acids is 1. The van der Waals surface area contributed by atoms with Crippen molar-refractivity contribution in [2.75, 3.05) is 23.3 Å². The van der Waals surface area contributed by atoms with Crippen LogP contribution in [0.25, 0.3) is 16.2 Å². The van der Waals surface area contributed by atoms with E-state index < -0.39 is 0 Å². The van der Waals surface area contributed by atoms with E-state index in [1.807, 2.05) is 37.4 Å². The van der Waals surface area contributed by atoms with Gasteiger partial charge in [-0.3, -0.25) is 15.1 Å². The summed E-state index contributed by atoms with van der Waals surface area (Å²) in [5.74, 6) is 0.182. The average molecular weight is 432 g/mol. The SMILES string of the molecule is Cc1cc(-c2ccc3c(n2)C(C(=O)Nc2nc4scc(C)n4n2)[C@H]2CCN3C2)ccn1. The van der Waals surface area contributed by atoms with Gasteiger partial charge >= 0.3 is 0 Å². The van der Waals surface area contributed by atoms with E-state index in [0.29, 0.717) is 5.95 Å². The van der Waals surface area contributed by atoms with Gasteiger partial charge in [0.1, 0.15) is 0 Å². The fourth-order valence-corrected chi connectivity index (χ4v) is 5.50. The van der Waals surface area contributed by atoms with E-state index in [1.54, 1.807) is 10.7 Å². The van der Waals surface area contributed by atoms with Crippen LogP contribution in [0.15, 0.2) is 35.8 Å². The molecule has 0 aliphatic carbocycles. The molecule has 9 heteroatoms. The summed E-state index contributed by atoms with van der Waals surface area (Å²) in [6.07, 6.45) is 2.77. The quantitative estimate of drug-likeness (QED) is 0.535. The van der Waals surface area contributed by atoms with Gasteiger partial charge in [-0.25, -0.2) is 9.50 Å². The van der Waals surface area contributed by atoms with Gasteiger partial charge in [0.15, 0.2) is 0 Å². The van der Waals surface area contributed by atoms with E-state index in [2.05, 4.69) is 31.3 Å². The minimum atomic E-state index is -0.320. The Kier molecular flexibility index (Phi) is 4.07. The molecule has 1 saturated heterocycles. The molecule has 6 heterocycles. The highest BCUT2D eigenvalue weighted by Gasteiger charge is 2.43. The van der Waals surface area contributed by atoms with Crippen molar-refractivity contribution in [3.8, 4) is 11.3 Å². The first-order chi connectivity index (χ1) is 15.1. The number of amides is 1. The molecule has 0 spiro atoms. The van der Waals surface area contributed by atoms with Crippen LogP contribution >= 0.6 is 11.3 Å². The number of aryl methyl sites for hydroxylation is 2.